The first kappa shape index (κ1) is 14.3. The number of nitrogens with two attached hydrogens (primary N) is 1. The first-order chi connectivity index (χ1) is 8.99. The predicted molar refractivity (Wildman–Crippen MR) is 73.7 cm³/mol. The number of nitrogens with zero attached hydrogens (tertiary/aromatic N) is 1. The number of hydrogen-bond donors (Lipinski definition) is 1. The van der Waals surface area contributed by atoms with E-state index in [0.29, 0.717) is 18.1 Å². The highest BCUT2D eigenvalue weighted by Gasteiger charge is 2.27. The second-order valence-corrected chi connectivity index (χ2v) is 5.57. The molecule has 2 rings (SSSR count). The van der Waals surface area contributed by atoms with Crippen molar-refractivity contribution < 1.29 is 9.18 Å². The van der Waals surface area contributed by atoms with Crippen molar-refractivity contribution in [2.75, 3.05) is 13.1 Å². The molecule has 2 atom stereocenters. The van der Waals surface area contributed by atoms with Gasteiger partial charge in [-0.05, 0) is 43.9 Å². The normalized spacial score (nSPS) is 21.3. The molecule has 0 radical (unpaired) electrons. The molecule has 1 aromatic rings. The zero-order valence-electron chi connectivity index (χ0n) is 10.9. The van der Waals surface area contributed by atoms with Gasteiger partial charge in [0.2, 0.25) is 0 Å². The molecule has 0 bridgehead atoms. The summed E-state index contributed by atoms with van der Waals surface area (Å²) in [6, 6.07) is 4.19. The van der Waals surface area contributed by atoms with Crippen LogP contribution >= 0.6 is 11.6 Å². The van der Waals surface area contributed by atoms with Crippen LogP contribution in [0, 0.1) is 11.7 Å². The number of halogens is 2. The van der Waals surface area contributed by atoms with Crippen molar-refractivity contribution >= 4 is 17.5 Å². The Labute approximate surface area is 117 Å². The quantitative estimate of drug-likeness (QED) is 0.907. The van der Waals surface area contributed by atoms with E-state index >= 15 is 0 Å². The van der Waals surface area contributed by atoms with Gasteiger partial charge in [0, 0.05) is 24.2 Å². The van der Waals surface area contributed by atoms with Crippen LogP contribution in [-0.4, -0.2) is 29.9 Å². The van der Waals surface area contributed by atoms with E-state index in [1.54, 1.807) is 4.90 Å². The van der Waals surface area contributed by atoms with Crippen molar-refractivity contribution in [3.05, 3.63) is 34.6 Å². The van der Waals surface area contributed by atoms with Gasteiger partial charge in [-0.25, -0.2) is 4.39 Å². The smallest absolute Gasteiger partial charge is 0.256 e. The van der Waals surface area contributed by atoms with Gasteiger partial charge < -0.3 is 10.6 Å². The van der Waals surface area contributed by atoms with Gasteiger partial charge in [-0.1, -0.05) is 11.6 Å². The Bertz CT molecular complexity index is 479. The topological polar surface area (TPSA) is 46.3 Å². The highest BCUT2D eigenvalue weighted by Crippen LogP contribution is 2.22. The van der Waals surface area contributed by atoms with Gasteiger partial charge in [0.05, 0.1) is 5.56 Å². The third-order valence-corrected chi connectivity index (χ3v) is 3.89. The molecular formula is C14H18ClFN2O. The van der Waals surface area contributed by atoms with Crippen LogP contribution in [-0.2, 0) is 0 Å². The maximum Gasteiger partial charge on any atom is 0.256 e. The Morgan fingerprint density at radius 2 is 2.32 bits per heavy atom. The number of hydrogen-bond acceptors (Lipinski definition) is 2. The number of amides is 1. The Morgan fingerprint density at radius 3 is 2.95 bits per heavy atom. The van der Waals surface area contributed by atoms with E-state index < -0.39 is 5.82 Å². The SMILES string of the molecule is C[C@@H](N)[C@@H]1CCCN(C(=O)c2ccc(Cl)cc2F)C1. The summed E-state index contributed by atoms with van der Waals surface area (Å²) in [7, 11) is 0. The summed E-state index contributed by atoms with van der Waals surface area (Å²) >= 11 is 5.69. The van der Waals surface area contributed by atoms with E-state index in [1.165, 1.54) is 18.2 Å². The van der Waals surface area contributed by atoms with Crippen LogP contribution < -0.4 is 5.73 Å². The molecule has 2 N–H and O–H groups in total. The van der Waals surface area contributed by atoms with Gasteiger partial charge >= 0.3 is 0 Å². The van der Waals surface area contributed by atoms with Crippen molar-refractivity contribution in [2.45, 2.75) is 25.8 Å². The van der Waals surface area contributed by atoms with E-state index in [0.717, 1.165) is 12.8 Å². The molecule has 104 valence electrons. The fourth-order valence-corrected chi connectivity index (χ4v) is 2.62. The fourth-order valence-electron chi connectivity index (χ4n) is 2.46. The molecule has 1 aliphatic heterocycles. The minimum absolute atomic E-state index is 0.0469. The van der Waals surface area contributed by atoms with Gasteiger partial charge in [0.15, 0.2) is 0 Å². The molecule has 1 fully saturated rings. The summed E-state index contributed by atoms with van der Waals surface area (Å²) in [5, 5.41) is 0.293. The summed E-state index contributed by atoms with van der Waals surface area (Å²) in [6.45, 7) is 3.20. The number of carbonyl (C=O) groups excluding carboxylic acids is 1. The zero-order chi connectivity index (χ0) is 14.0. The third-order valence-electron chi connectivity index (χ3n) is 3.65. The molecule has 1 saturated heterocycles. The van der Waals surface area contributed by atoms with Gasteiger partial charge in [0.25, 0.3) is 5.91 Å². The minimum Gasteiger partial charge on any atom is -0.338 e. The predicted octanol–water partition coefficient (Wildman–Crippen LogP) is 2.68. The Hall–Kier alpha value is -1.13. The molecule has 1 aromatic carbocycles. The summed E-state index contributed by atoms with van der Waals surface area (Å²) in [6.07, 6.45) is 1.93. The number of benzene rings is 1. The summed E-state index contributed by atoms with van der Waals surface area (Å²) in [5.41, 5.74) is 5.97. The second-order valence-electron chi connectivity index (χ2n) is 5.14. The minimum atomic E-state index is -0.569. The molecule has 1 aliphatic rings. The number of likely N-dealkylation sites (tertiary alicyclic amines) is 1. The number of rotatable bonds is 2. The Balaban J connectivity index is 2.15. The lowest BCUT2D eigenvalue weighted by molar-refractivity contribution is 0.0656. The van der Waals surface area contributed by atoms with Crippen LogP contribution in [0.5, 0.6) is 0 Å². The van der Waals surface area contributed by atoms with Crippen molar-refractivity contribution in [1.82, 2.24) is 4.90 Å². The van der Waals surface area contributed by atoms with Crippen molar-refractivity contribution in [1.29, 1.82) is 0 Å². The van der Waals surface area contributed by atoms with Gasteiger partial charge in [0.1, 0.15) is 5.82 Å². The van der Waals surface area contributed by atoms with Crippen LogP contribution in [0.1, 0.15) is 30.1 Å². The van der Waals surface area contributed by atoms with Gasteiger partial charge in [-0.15, -0.1) is 0 Å². The first-order valence-corrected chi connectivity index (χ1v) is 6.86. The molecule has 0 saturated carbocycles. The highest BCUT2D eigenvalue weighted by atomic mass is 35.5. The van der Waals surface area contributed by atoms with E-state index in [4.69, 9.17) is 17.3 Å². The first-order valence-electron chi connectivity index (χ1n) is 6.49. The Morgan fingerprint density at radius 1 is 1.58 bits per heavy atom. The summed E-state index contributed by atoms with van der Waals surface area (Å²) < 4.78 is 13.8. The molecule has 5 heteroatoms. The molecule has 0 unspecified atom stereocenters. The summed E-state index contributed by atoms with van der Waals surface area (Å²) in [4.78, 5) is 14.0. The van der Waals surface area contributed by atoms with Crippen molar-refractivity contribution in [3.8, 4) is 0 Å². The van der Waals surface area contributed by atoms with Crippen LogP contribution in [0.25, 0.3) is 0 Å². The lowest BCUT2D eigenvalue weighted by atomic mass is 9.92. The average Bonchev–Trinajstić information content (AvgIpc) is 2.38. The second kappa shape index (κ2) is 5.88. The monoisotopic (exact) mass is 284 g/mol. The third kappa shape index (κ3) is 3.25. The van der Waals surface area contributed by atoms with Gasteiger partial charge in [-0.3, -0.25) is 4.79 Å². The standard InChI is InChI=1S/C14H18ClFN2O/c1-9(17)10-3-2-6-18(8-10)14(19)12-5-4-11(15)7-13(12)16/h4-5,7,9-10H,2-3,6,8,17H2,1H3/t9-,10-/m1/s1. The van der Waals surface area contributed by atoms with Crippen LogP contribution in [0.4, 0.5) is 4.39 Å². The average molecular weight is 285 g/mol. The van der Waals surface area contributed by atoms with E-state index in [1.807, 2.05) is 6.92 Å². The van der Waals surface area contributed by atoms with Crippen LogP contribution in [0.3, 0.4) is 0 Å². The lowest BCUT2D eigenvalue weighted by Crippen LogP contribution is -2.45. The highest BCUT2D eigenvalue weighted by molar-refractivity contribution is 6.30. The van der Waals surface area contributed by atoms with Gasteiger partial charge in [-0.2, -0.15) is 0 Å². The molecule has 0 aromatic heterocycles. The lowest BCUT2D eigenvalue weighted by Gasteiger charge is -2.34. The number of carbonyl (C=O) groups is 1. The molecule has 3 nitrogen and oxygen atoms in total. The van der Waals surface area contributed by atoms with Crippen molar-refractivity contribution in [2.24, 2.45) is 11.7 Å². The zero-order valence-corrected chi connectivity index (χ0v) is 11.7. The Kier molecular flexibility index (Phi) is 4.42. The molecule has 0 spiro atoms. The maximum atomic E-state index is 13.8. The number of piperidine rings is 1. The van der Waals surface area contributed by atoms with E-state index in [9.17, 15) is 9.18 Å². The maximum absolute atomic E-state index is 13.8. The summed E-state index contributed by atoms with van der Waals surface area (Å²) in [5.74, 6) is -0.562. The van der Waals surface area contributed by atoms with E-state index in [2.05, 4.69) is 0 Å². The van der Waals surface area contributed by atoms with Crippen LogP contribution in [0.2, 0.25) is 5.02 Å². The fraction of sp³-hybridized carbons (Fsp3) is 0.500. The van der Waals surface area contributed by atoms with Crippen LogP contribution in [0.15, 0.2) is 18.2 Å². The molecule has 1 heterocycles. The van der Waals surface area contributed by atoms with Crippen molar-refractivity contribution in [3.63, 3.8) is 0 Å². The molecular weight excluding hydrogens is 267 g/mol. The molecule has 19 heavy (non-hydrogen) atoms. The van der Waals surface area contributed by atoms with E-state index in [-0.39, 0.29) is 23.4 Å². The molecule has 1 amide bonds. The largest absolute Gasteiger partial charge is 0.338 e. The molecule has 0 aliphatic carbocycles.